The Labute approximate surface area is 109 Å². The Morgan fingerprint density at radius 1 is 1.28 bits per heavy atom. The van der Waals surface area contributed by atoms with Crippen molar-refractivity contribution < 1.29 is 13.2 Å². The third-order valence-corrected chi connectivity index (χ3v) is 2.61. The summed E-state index contributed by atoms with van der Waals surface area (Å²) in [5, 5.41) is 0.107. The number of hydrogen-bond donors (Lipinski definition) is 1. The number of rotatable bonds is 0. The van der Waals surface area contributed by atoms with Gasteiger partial charge in [0.25, 0.3) is 5.56 Å². The van der Waals surface area contributed by atoms with Crippen LogP contribution in [-0.4, -0.2) is 9.97 Å². The fourth-order valence-corrected chi connectivity index (χ4v) is 1.82. The van der Waals surface area contributed by atoms with E-state index in [1.165, 1.54) is 12.1 Å². The molecule has 0 fully saturated rings. The molecule has 0 unspecified atom stereocenters. The molecule has 0 radical (unpaired) electrons. The Morgan fingerprint density at radius 2 is 1.89 bits per heavy atom. The van der Waals surface area contributed by atoms with Crippen LogP contribution in [0.25, 0.3) is 10.9 Å². The number of hydrogen-bond acceptors (Lipinski definition) is 2. The van der Waals surface area contributed by atoms with Crippen molar-refractivity contribution in [2.24, 2.45) is 0 Å². The Hall–Kier alpha value is -1.37. The van der Waals surface area contributed by atoms with Gasteiger partial charge in [-0.15, -0.1) is 0 Å². The molecule has 0 saturated heterocycles. The lowest BCUT2D eigenvalue weighted by atomic mass is 10.2. The first-order valence-corrected chi connectivity index (χ1v) is 5.94. The molecule has 3 nitrogen and oxygen atoms in total. The van der Waals surface area contributed by atoms with Crippen molar-refractivity contribution in [3.8, 4) is 0 Å². The fourth-order valence-electron chi connectivity index (χ4n) is 1.28. The number of nitrogens with one attached hydrogen (secondary N) is 1. The van der Waals surface area contributed by atoms with Gasteiger partial charge in [0.2, 0.25) is 5.82 Å². The molecule has 1 heterocycles. The van der Waals surface area contributed by atoms with Crippen molar-refractivity contribution in [2.45, 2.75) is 20.0 Å². The number of aromatic nitrogens is 2. The lowest BCUT2D eigenvalue weighted by Crippen LogP contribution is -2.19. The van der Waals surface area contributed by atoms with E-state index >= 15 is 0 Å². The number of nitrogens with zero attached hydrogens (tertiary/aromatic N) is 1. The van der Waals surface area contributed by atoms with Gasteiger partial charge in [-0.2, -0.15) is 13.2 Å². The lowest BCUT2D eigenvalue weighted by molar-refractivity contribution is -0.144. The lowest BCUT2D eigenvalue weighted by Gasteiger charge is -2.06. The maximum atomic E-state index is 12.4. The molecule has 1 N–H and O–H groups in total. The summed E-state index contributed by atoms with van der Waals surface area (Å²) in [7, 11) is 0. The number of aromatic amines is 1. The maximum Gasteiger partial charge on any atom is 0.449 e. The minimum Gasteiger partial charge on any atom is -0.302 e. The molecule has 0 bridgehead atoms. The summed E-state index contributed by atoms with van der Waals surface area (Å²) in [6, 6.07) is 4.43. The summed E-state index contributed by atoms with van der Waals surface area (Å²) in [5.74, 6) is -1.29. The average Bonchev–Trinajstić information content (AvgIpc) is 2.30. The van der Waals surface area contributed by atoms with E-state index in [4.69, 9.17) is 0 Å². The van der Waals surface area contributed by atoms with Gasteiger partial charge >= 0.3 is 6.18 Å². The summed E-state index contributed by atoms with van der Waals surface area (Å²) in [5.41, 5.74) is -0.810. The molecule has 0 amide bonds. The SMILES string of the molecule is CC.O=c1[nH]c(C(F)(F)F)nc2cccc(Br)c12. The summed E-state index contributed by atoms with van der Waals surface area (Å²) in [6.45, 7) is 4.00. The molecule has 1 aromatic carbocycles. The Kier molecular flexibility index (Phi) is 4.50. The average molecular weight is 323 g/mol. The van der Waals surface area contributed by atoms with Crippen LogP contribution in [0.2, 0.25) is 0 Å². The predicted octanol–water partition coefficient (Wildman–Crippen LogP) is 3.73. The smallest absolute Gasteiger partial charge is 0.302 e. The molecular weight excluding hydrogens is 313 g/mol. The van der Waals surface area contributed by atoms with Gasteiger partial charge in [-0.05, 0) is 28.1 Å². The number of halogens is 4. The molecule has 0 aliphatic heterocycles. The van der Waals surface area contributed by atoms with Gasteiger partial charge in [0, 0.05) is 4.47 Å². The fraction of sp³-hybridized carbons (Fsp3) is 0.273. The topological polar surface area (TPSA) is 45.8 Å². The van der Waals surface area contributed by atoms with Gasteiger partial charge in [-0.1, -0.05) is 19.9 Å². The van der Waals surface area contributed by atoms with Crippen LogP contribution in [0.15, 0.2) is 27.5 Å². The molecule has 0 aliphatic carbocycles. The van der Waals surface area contributed by atoms with Crippen molar-refractivity contribution in [1.29, 1.82) is 0 Å². The Bertz CT molecular complexity index is 607. The minimum atomic E-state index is -4.66. The Morgan fingerprint density at radius 3 is 2.44 bits per heavy atom. The summed E-state index contributed by atoms with van der Waals surface area (Å²) in [6.07, 6.45) is -4.66. The van der Waals surface area contributed by atoms with Crippen LogP contribution in [0.4, 0.5) is 13.2 Å². The van der Waals surface area contributed by atoms with E-state index in [9.17, 15) is 18.0 Å². The number of benzene rings is 1. The first-order chi connectivity index (χ1) is 8.39. The van der Waals surface area contributed by atoms with Crippen molar-refractivity contribution in [2.75, 3.05) is 0 Å². The zero-order chi connectivity index (χ0) is 13.9. The predicted molar refractivity (Wildman–Crippen MR) is 66.4 cm³/mol. The third kappa shape index (κ3) is 2.90. The van der Waals surface area contributed by atoms with Crippen LogP contribution in [-0.2, 0) is 6.18 Å². The largest absolute Gasteiger partial charge is 0.449 e. The summed E-state index contributed by atoms with van der Waals surface area (Å²) < 4.78 is 37.5. The highest BCUT2D eigenvalue weighted by Crippen LogP contribution is 2.27. The molecular formula is C11H10BrF3N2O. The summed E-state index contributed by atoms with van der Waals surface area (Å²) in [4.78, 5) is 16.5. The first-order valence-electron chi connectivity index (χ1n) is 5.15. The molecule has 0 atom stereocenters. The van der Waals surface area contributed by atoms with Crippen molar-refractivity contribution >= 4 is 26.8 Å². The van der Waals surface area contributed by atoms with Crippen molar-refractivity contribution in [3.05, 3.63) is 38.9 Å². The third-order valence-electron chi connectivity index (χ3n) is 1.95. The second kappa shape index (κ2) is 5.51. The second-order valence-corrected chi connectivity index (χ2v) is 3.90. The van der Waals surface area contributed by atoms with E-state index in [1.807, 2.05) is 13.8 Å². The van der Waals surface area contributed by atoms with Crippen LogP contribution in [0, 0.1) is 0 Å². The van der Waals surface area contributed by atoms with Crippen molar-refractivity contribution in [3.63, 3.8) is 0 Å². The van der Waals surface area contributed by atoms with Gasteiger partial charge in [-0.25, -0.2) is 4.98 Å². The molecule has 0 saturated carbocycles. The zero-order valence-corrected chi connectivity index (χ0v) is 11.2. The molecule has 0 aliphatic rings. The molecule has 2 aromatic rings. The van der Waals surface area contributed by atoms with Gasteiger partial charge in [0.15, 0.2) is 0 Å². The monoisotopic (exact) mass is 322 g/mol. The van der Waals surface area contributed by atoms with Gasteiger partial charge in [0.05, 0.1) is 10.9 Å². The van der Waals surface area contributed by atoms with Crippen LogP contribution >= 0.6 is 15.9 Å². The van der Waals surface area contributed by atoms with Crippen molar-refractivity contribution in [1.82, 2.24) is 9.97 Å². The van der Waals surface area contributed by atoms with E-state index in [2.05, 4.69) is 20.9 Å². The highest BCUT2D eigenvalue weighted by atomic mass is 79.9. The van der Waals surface area contributed by atoms with E-state index in [-0.39, 0.29) is 10.9 Å². The van der Waals surface area contributed by atoms with E-state index < -0.39 is 17.6 Å². The highest BCUT2D eigenvalue weighted by Gasteiger charge is 2.34. The molecule has 2 rings (SSSR count). The van der Waals surface area contributed by atoms with E-state index in [0.717, 1.165) is 0 Å². The summed E-state index contributed by atoms with van der Waals surface area (Å²) >= 11 is 3.08. The molecule has 98 valence electrons. The first kappa shape index (κ1) is 14.7. The molecule has 1 aromatic heterocycles. The molecule has 7 heteroatoms. The van der Waals surface area contributed by atoms with E-state index in [0.29, 0.717) is 4.47 Å². The maximum absolute atomic E-state index is 12.4. The molecule has 18 heavy (non-hydrogen) atoms. The normalized spacial score (nSPS) is 11.0. The van der Waals surface area contributed by atoms with Crippen LogP contribution < -0.4 is 5.56 Å². The van der Waals surface area contributed by atoms with Crippen LogP contribution in [0.3, 0.4) is 0 Å². The molecule has 0 spiro atoms. The minimum absolute atomic E-state index is 0.00505. The highest BCUT2D eigenvalue weighted by molar-refractivity contribution is 9.10. The Balaban J connectivity index is 0.000000771. The zero-order valence-electron chi connectivity index (χ0n) is 9.60. The number of fused-ring (bicyclic) bond motifs is 1. The second-order valence-electron chi connectivity index (χ2n) is 3.05. The van der Waals surface area contributed by atoms with Gasteiger partial charge < -0.3 is 4.98 Å². The standard InChI is InChI=1S/C9H4BrF3N2O.C2H6/c10-4-2-1-3-5-6(4)7(16)15-8(14-5)9(11,12)13;1-2/h1-3H,(H,14,15,16);1-2H3. The number of H-pyrrole nitrogens is 1. The quantitative estimate of drug-likeness (QED) is 0.803. The number of alkyl halides is 3. The van der Waals surface area contributed by atoms with Gasteiger partial charge in [0.1, 0.15) is 0 Å². The van der Waals surface area contributed by atoms with Crippen LogP contribution in [0.5, 0.6) is 0 Å². The van der Waals surface area contributed by atoms with Gasteiger partial charge in [-0.3, -0.25) is 4.79 Å². The van der Waals surface area contributed by atoms with Crippen LogP contribution in [0.1, 0.15) is 19.7 Å². The van der Waals surface area contributed by atoms with E-state index in [1.54, 1.807) is 11.1 Å².